The van der Waals surface area contributed by atoms with E-state index in [4.69, 9.17) is 16.3 Å². The summed E-state index contributed by atoms with van der Waals surface area (Å²) in [6.07, 6.45) is 0.456. The number of aliphatic hydroxyl groups is 1. The number of rotatable bonds is 5. The van der Waals surface area contributed by atoms with Crippen LogP contribution in [-0.4, -0.2) is 17.8 Å². The van der Waals surface area contributed by atoms with Crippen molar-refractivity contribution < 1.29 is 14.2 Å². The van der Waals surface area contributed by atoms with E-state index in [1.54, 1.807) is 13.2 Å². The van der Waals surface area contributed by atoms with E-state index in [-0.39, 0.29) is 5.60 Å². The smallest absolute Gasteiger partial charge is 0.125 e. The minimum atomic E-state index is -0.724. The van der Waals surface area contributed by atoms with Gasteiger partial charge in [-0.3, -0.25) is 0 Å². The van der Waals surface area contributed by atoms with E-state index in [1.807, 2.05) is 13.8 Å². The van der Waals surface area contributed by atoms with Crippen LogP contribution in [0.4, 0.5) is 4.39 Å². The summed E-state index contributed by atoms with van der Waals surface area (Å²) in [6.45, 7) is 3.89. The average Bonchev–Trinajstić information content (AvgIpc) is 2.24. The number of hydrogen-bond acceptors (Lipinski definition) is 2. The second-order valence-corrected chi connectivity index (χ2v) is 5.16. The SMILES string of the molecule is COC(C)(C)CCC(O)c1cc(F)cc(Cl)c1. The minimum absolute atomic E-state index is 0.294. The molecule has 0 aliphatic heterocycles. The third-order valence-electron chi connectivity index (χ3n) is 2.84. The largest absolute Gasteiger partial charge is 0.388 e. The fourth-order valence-corrected chi connectivity index (χ4v) is 1.75. The van der Waals surface area contributed by atoms with Crippen LogP contribution in [0.1, 0.15) is 38.4 Å². The second-order valence-electron chi connectivity index (χ2n) is 4.72. The van der Waals surface area contributed by atoms with Gasteiger partial charge in [-0.1, -0.05) is 11.6 Å². The second kappa shape index (κ2) is 5.80. The Morgan fingerprint density at radius 1 is 1.41 bits per heavy atom. The minimum Gasteiger partial charge on any atom is -0.388 e. The zero-order chi connectivity index (χ0) is 13.1. The standard InChI is InChI=1S/C13H18ClFO2/c1-13(2,17-3)5-4-12(16)9-6-10(14)8-11(15)7-9/h6-8,12,16H,4-5H2,1-3H3. The zero-order valence-electron chi connectivity index (χ0n) is 10.3. The van der Waals surface area contributed by atoms with E-state index in [2.05, 4.69) is 0 Å². The monoisotopic (exact) mass is 260 g/mol. The normalized spacial score (nSPS) is 13.8. The van der Waals surface area contributed by atoms with Crippen LogP contribution in [0.2, 0.25) is 5.02 Å². The molecule has 0 aliphatic rings. The Bertz CT molecular complexity index is 359. The van der Waals surface area contributed by atoms with E-state index in [0.29, 0.717) is 23.4 Å². The highest BCUT2D eigenvalue weighted by Gasteiger charge is 2.19. The third-order valence-corrected chi connectivity index (χ3v) is 3.06. The third kappa shape index (κ3) is 4.62. The molecule has 96 valence electrons. The Hall–Kier alpha value is -0.640. The van der Waals surface area contributed by atoms with Gasteiger partial charge < -0.3 is 9.84 Å². The molecule has 1 aromatic rings. The summed E-state index contributed by atoms with van der Waals surface area (Å²) in [5, 5.41) is 10.2. The predicted octanol–water partition coefficient (Wildman–Crippen LogP) is 3.72. The van der Waals surface area contributed by atoms with E-state index in [1.165, 1.54) is 12.1 Å². The summed E-state index contributed by atoms with van der Waals surface area (Å²) < 4.78 is 18.4. The number of methoxy groups -OCH3 is 1. The van der Waals surface area contributed by atoms with Gasteiger partial charge >= 0.3 is 0 Å². The Labute approximate surface area is 106 Å². The van der Waals surface area contributed by atoms with Gasteiger partial charge in [-0.15, -0.1) is 0 Å². The van der Waals surface area contributed by atoms with Gasteiger partial charge in [-0.25, -0.2) is 4.39 Å². The first-order valence-electron chi connectivity index (χ1n) is 5.53. The van der Waals surface area contributed by atoms with Crippen LogP contribution in [0.5, 0.6) is 0 Å². The quantitative estimate of drug-likeness (QED) is 0.874. The lowest BCUT2D eigenvalue weighted by molar-refractivity contribution is 0.00277. The summed E-state index contributed by atoms with van der Waals surface area (Å²) in [5.74, 6) is -0.433. The molecule has 0 bridgehead atoms. The van der Waals surface area contributed by atoms with E-state index in [0.717, 1.165) is 0 Å². The highest BCUT2D eigenvalue weighted by atomic mass is 35.5. The highest BCUT2D eigenvalue weighted by Crippen LogP contribution is 2.26. The molecule has 0 aliphatic carbocycles. The highest BCUT2D eigenvalue weighted by molar-refractivity contribution is 6.30. The van der Waals surface area contributed by atoms with Crippen molar-refractivity contribution in [2.45, 2.75) is 38.4 Å². The maximum Gasteiger partial charge on any atom is 0.125 e. The van der Waals surface area contributed by atoms with Crippen LogP contribution in [0.15, 0.2) is 18.2 Å². The van der Waals surface area contributed by atoms with Gasteiger partial charge in [-0.2, -0.15) is 0 Å². The van der Waals surface area contributed by atoms with Crippen molar-refractivity contribution >= 4 is 11.6 Å². The fraction of sp³-hybridized carbons (Fsp3) is 0.538. The van der Waals surface area contributed by atoms with Gasteiger partial charge in [0.1, 0.15) is 5.82 Å². The van der Waals surface area contributed by atoms with Crippen LogP contribution >= 0.6 is 11.6 Å². The molecule has 0 aromatic heterocycles. The Kier molecular flexibility index (Phi) is 4.92. The maximum absolute atomic E-state index is 13.1. The molecule has 17 heavy (non-hydrogen) atoms. The van der Waals surface area contributed by atoms with Crippen LogP contribution in [-0.2, 0) is 4.74 Å². The molecule has 1 atom stereocenters. The van der Waals surface area contributed by atoms with Crippen LogP contribution in [0, 0.1) is 5.82 Å². The number of hydrogen-bond donors (Lipinski definition) is 1. The molecule has 1 rings (SSSR count). The number of ether oxygens (including phenoxy) is 1. The molecule has 2 nitrogen and oxygen atoms in total. The summed E-state index contributed by atoms with van der Waals surface area (Å²) >= 11 is 5.74. The maximum atomic E-state index is 13.1. The number of halogens is 2. The van der Waals surface area contributed by atoms with Crippen molar-refractivity contribution in [3.05, 3.63) is 34.6 Å². The van der Waals surface area contributed by atoms with Crippen LogP contribution in [0.25, 0.3) is 0 Å². The molecule has 1 unspecified atom stereocenters. The van der Waals surface area contributed by atoms with Gasteiger partial charge in [0.05, 0.1) is 11.7 Å². The summed E-state index contributed by atoms with van der Waals surface area (Å²) in [5.41, 5.74) is 0.208. The van der Waals surface area contributed by atoms with E-state index in [9.17, 15) is 9.50 Å². The van der Waals surface area contributed by atoms with Crippen molar-refractivity contribution in [2.24, 2.45) is 0 Å². The zero-order valence-corrected chi connectivity index (χ0v) is 11.1. The van der Waals surface area contributed by atoms with Crippen molar-refractivity contribution in [1.82, 2.24) is 0 Å². The van der Waals surface area contributed by atoms with Crippen molar-refractivity contribution in [3.8, 4) is 0 Å². The first kappa shape index (κ1) is 14.4. The number of benzene rings is 1. The molecular formula is C13H18ClFO2. The van der Waals surface area contributed by atoms with Crippen LogP contribution in [0.3, 0.4) is 0 Å². The van der Waals surface area contributed by atoms with Crippen molar-refractivity contribution in [3.63, 3.8) is 0 Å². The molecule has 0 heterocycles. The Balaban J connectivity index is 2.67. The van der Waals surface area contributed by atoms with Gasteiger partial charge in [0.2, 0.25) is 0 Å². The molecule has 0 amide bonds. The average molecular weight is 261 g/mol. The lowest BCUT2D eigenvalue weighted by Gasteiger charge is -2.24. The lowest BCUT2D eigenvalue weighted by atomic mass is 9.96. The van der Waals surface area contributed by atoms with Gasteiger partial charge in [0.25, 0.3) is 0 Å². The summed E-state index contributed by atoms with van der Waals surface area (Å²) in [7, 11) is 1.63. The molecule has 0 spiro atoms. The molecule has 1 aromatic carbocycles. The molecule has 0 saturated carbocycles. The summed E-state index contributed by atoms with van der Waals surface area (Å²) in [4.78, 5) is 0. The first-order valence-corrected chi connectivity index (χ1v) is 5.91. The topological polar surface area (TPSA) is 29.5 Å². The van der Waals surface area contributed by atoms with E-state index < -0.39 is 11.9 Å². The predicted molar refractivity (Wildman–Crippen MR) is 66.7 cm³/mol. The molecule has 4 heteroatoms. The van der Waals surface area contributed by atoms with Crippen LogP contribution < -0.4 is 0 Å². The molecule has 0 saturated heterocycles. The van der Waals surface area contributed by atoms with Gasteiger partial charge in [-0.05, 0) is 50.5 Å². The molecular weight excluding hydrogens is 243 g/mol. The Morgan fingerprint density at radius 3 is 2.59 bits per heavy atom. The van der Waals surface area contributed by atoms with Gasteiger partial charge in [0, 0.05) is 12.1 Å². The Morgan fingerprint density at radius 2 is 2.06 bits per heavy atom. The van der Waals surface area contributed by atoms with Gasteiger partial charge in [0.15, 0.2) is 0 Å². The first-order chi connectivity index (χ1) is 7.84. The number of aliphatic hydroxyl groups excluding tert-OH is 1. The molecule has 1 N–H and O–H groups in total. The fourth-order valence-electron chi connectivity index (χ4n) is 1.52. The lowest BCUT2D eigenvalue weighted by Crippen LogP contribution is -2.23. The van der Waals surface area contributed by atoms with E-state index >= 15 is 0 Å². The molecule has 0 radical (unpaired) electrons. The van der Waals surface area contributed by atoms with Crippen molar-refractivity contribution in [1.29, 1.82) is 0 Å². The molecule has 0 fully saturated rings. The van der Waals surface area contributed by atoms with Crippen molar-refractivity contribution in [2.75, 3.05) is 7.11 Å². The summed E-state index contributed by atoms with van der Waals surface area (Å²) in [6, 6.07) is 4.10.